The fourth-order valence-corrected chi connectivity index (χ4v) is 3.78. The third-order valence-electron chi connectivity index (χ3n) is 3.86. The molecule has 1 heterocycles. The van der Waals surface area contributed by atoms with E-state index >= 15 is 0 Å². The van der Waals surface area contributed by atoms with Crippen LogP contribution in [-0.2, 0) is 14.3 Å². The Labute approximate surface area is 186 Å². The van der Waals surface area contributed by atoms with Crippen molar-refractivity contribution < 1.29 is 23.8 Å². The molecule has 0 saturated carbocycles. The summed E-state index contributed by atoms with van der Waals surface area (Å²) in [6, 6.07) is 12.8. The number of para-hydroxylation sites is 1. The van der Waals surface area contributed by atoms with Crippen LogP contribution in [0.15, 0.2) is 56.8 Å². The molecule has 156 valence electrons. The number of hydrogen-bond acceptors (Lipinski definition) is 7. The summed E-state index contributed by atoms with van der Waals surface area (Å²) in [4.78, 5) is 28.8. The second-order valence-corrected chi connectivity index (χ2v) is 7.82. The van der Waals surface area contributed by atoms with Crippen molar-refractivity contribution in [2.75, 3.05) is 20.3 Å². The molecule has 0 atom stereocenters. The number of methoxy groups -OCH3 is 1. The molecule has 1 amide bonds. The smallest absolute Gasteiger partial charge is 0.344 e. The SMILES string of the molecule is CCOC(=O)COc1cc(Br)c(/C=C2/SC(=Nc3ccccc3)NC2=O)cc1OC. The maximum atomic E-state index is 12.3. The summed E-state index contributed by atoms with van der Waals surface area (Å²) in [6.07, 6.45) is 1.73. The van der Waals surface area contributed by atoms with Gasteiger partial charge in [-0.05, 0) is 54.6 Å². The number of rotatable bonds is 7. The summed E-state index contributed by atoms with van der Waals surface area (Å²) >= 11 is 4.73. The highest BCUT2D eigenvalue weighted by Crippen LogP contribution is 2.36. The molecule has 3 rings (SSSR count). The molecule has 0 aliphatic carbocycles. The van der Waals surface area contributed by atoms with Gasteiger partial charge in [0.1, 0.15) is 0 Å². The van der Waals surface area contributed by atoms with Gasteiger partial charge in [0.2, 0.25) is 0 Å². The monoisotopic (exact) mass is 490 g/mol. The first-order chi connectivity index (χ1) is 14.5. The van der Waals surface area contributed by atoms with Crippen molar-refractivity contribution in [1.29, 1.82) is 0 Å². The number of nitrogens with one attached hydrogen (secondary N) is 1. The van der Waals surface area contributed by atoms with Gasteiger partial charge in [-0.2, -0.15) is 0 Å². The van der Waals surface area contributed by atoms with Crippen LogP contribution in [0.25, 0.3) is 6.08 Å². The standard InChI is InChI=1S/C21H19BrN2O5S/c1-3-28-19(25)12-29-17-11-15(22)13(9-16(17)27-2)10-18-20(26)24-21(30-18)23-14-7-5-4-6-8-14/h4-11H,3,12H2,1-2H3,(H,23,24,26)/b18-10+. The maximum Gasteiger partial charge on any atom is 0.344 e. The summed E-state index contributed by atoms with van der Waals surface area (Å²) in [5.41, 5.74) is 1.47. The Morgan fingerprint density at radius 3 is 2.70 bits per heavy atom. The number of benzene rings is 2. The number of carbonyl (C=O) groups excluding carboxylic acids is 2. The zero-order chi connectivity index (χ0) is 21.5. The van der Waals surface area contributed by atoms with Crippen LogP contribution in [0.3, 0.4) is 0 Å². The number of esters is 1. The van der Waals surface area contributed by atoms with Crippen molar-refractivity contribution >= 4 is 56.5 Å². The van der Waals surface area contributed by atoms with E-state index in [1.54, 1.807) is 25.1 Å². The number of ether oxygens (including phenoxy) is 3. The van der Waals surface area contributed by atoms with Crippen molar-refractivity contribution in [2.24, 2.45) is 4.99 Å². The van der Waals surface area contributed by atoms with Crippen LogP contribution in [-0.4, -0.2) is 37.4 Å². The molecule has 7 nitrogen and oxygen atoms in total. The molecule has 0 unspecified atom stereocenters. The van der Waals surface area contributed by atoms with Gasteiger partial charge in [-0.3, -0.25) is 4.79 Å². The molecule has 9 heteroatoms. The molecule has 0 bridgehead atoms. The molecule has 30 heavy (non-hydrogen) atoms. The van der Waals surface area contributed by atoms with Gasteiger partial charge in [-0.1, -0.05) is 34.1 Å². The van der Waals surface area contributed by atoms with Crippen molar-refractivity contribution in [1.82, 2.24) is 5.32 Å². The van der Waals surface area contributed by atoms with E-state index in [1.165, 1.54) is 18.9 Å². The van der Waals surface area contributed by atoms with E-state index < -0.39 is 5.97 Å². The zero-order valence-electron chi connectivity index (χ0n) is 16.3. The second kappa shape index (κ2) is 10.3. The summed E-state index contributed by atoms with van der Waals surface area (Å²) in [5.74, 6) is 0.111. The normalized spacial score (nSPS) is 15.9. The largest absolute Gasteiger partial charge is 0.493 e. The lowest BCUT2D eigenvalue weighted by Gasteiger charge is -2.12. The maximum absolute atomic E-state index is 12.3. The number of amides is 1. The van der Waals surface area contributed by atoms with Gasteiger partial charge in [0, 0.05) is 4.47 Å². The molecule has 0 radical (unpaired) electrons. The van der Waals surface area contributed by atoms with Crippen LogP contribution in [0, 0.1) is 0 Å². The Kier molecular flexibility index (Phi) is 7.53. The molecule has 1 saturated heterocycles. The third kappa shape index (κ3) is 5.64. The van der Waals surface area contributed by atoms with Gasteiger partial charge in [0.15, 0.2) is 23.3 Å². The van der Waals surface area contributed by atoms with E-state index in [9.17, 15) is 9.59 Å². The molecule has 2 aromatic carbocycles. The molecule has 0 spiro atoms. The highest BCUT2D eigenvalue weighted by molar-refractivity contribution is 9.10. The number of aliphatic imine (C=N–C) groups is 1. The van der Waals surface area contributed by atoms with Gasteiger partial charge >= 0.3 is 5.97 Å². The van der Waals surface area contributed by atoms with E-state index in [1.807, 2.05) is 30.3 Å². The Balaban J connectivity index is 1.80. The topological polar surface area (TPSA) is 86.2 Å². The van der Waals surface area contributed by atoms with Gasteiger partial charge in [0.25, 0.3) is 5.91 Å². The molecule has 2 aromatic rings. The Hall–Kier alpha value is -2.78. The quantitative estimate of drug-likeness (QED) is 0.460. The second-order valence-electron chi connectivity index (χ2n) is 5.94. The predicted molar refractivity (Wildman–Crippen MR) is 120 cm³/mol. The molecule has 1 N–H and O–H groups in total. The first-order valence-corrected chi connectivity index (χ1v) is 10.6. The van der Waals surface area contributed by atoms with Gasteiger partial charge in [-0.25, -0.2) is 9.79 Å². The average Bonchev–Trinajstić information content (AvgIpc) is 3.07. The minimum absolute atomic E-state index is 0.228. The molecule has 1 aliphatic heterocycles. The third-order valence-corrected chi connectivity index (χ3v) is 5.45. The fraction of sp³-hybridized carbons (Fsp3) is 0.190. The van der Waals surface area contributed by atoms with Crippen LogP contribution in [0.5, 0.6) is 11.5 Å². The van der Waals surface area contributed by atoms with Crippen molar-refractivity contribution in [3.8, 4) is 11.5 Å². The molecule has 1 aliphatic rings. The minimum Gasteiger partial charge on any atom is -0.493 e. The lowest BCUT2D eigenvalue weighted by atomic mass is 10.2. The first kappa shape index (κ1) is 21.9. The summed E-state index contributed by atoms with van der Waals surface area (Å²) in [7, 11) is 1.50. The van der Waals surface area contributed by atoms with Crippen LogP contribution in [0.2, 0.25) is 0 Å². The number of hydrogen-bond donors (Lipinski definition) is 1. The summed E-state index contributed by atoms with van der Waals surface area (Å²) < 4.78 is 16.4. The predicted octanol–water partition coefficient (Wildman–Crippen LogP) is 4.29. The lowest BCUT2D eigenvalue weighted by Crippen LogP contribution is -2.19. The van der Waals surface area contributed by atoms with Crippen molar-refractivity contribution in [2.45, 2.75) is 6.92 Å². The van der Waals surface area contributed by atoms with Crippen molar-refractivity contribution in [3.63, 3.8) is 0 Å². The Bertz CT molecular complexity index is 1010. The first-order valence-electron chi connectivity index (χ1n) is 9.00. The van der Waals surface area contributed by atoms with E-state index in [0.29, 0.717) is 31.6 Å². The molecule has 0 aromatic heterocycles. The van der Waals surface area contributed by atoms with Gasteiger partial charge < -0.3 is 19.5 Å². The fourth-order valence-electron chi connectivity index (χ4n) is 2.51. The van der Waals surface area contributed by atoms with E-state index in [4.69, 9.17) is 14.2 Å². The average molecular weight is 491 g/mol. The van der Waals surface area contributed by atoms with Gasteiger partial charge in [0.05, 0.1) is 24.3 Å². The molecular formula is C21H19BrN2O5S. The van der Waals surface area contributed by atoms with Gasteiger partial charge in [-0.15, -0.1) is 0 Å². The van der Waals surface area contributed by atoms with Crippen molar-refractivity contribution in [3.05, 3.63) is 57.4 Å². The number of amidine groups is 1. The number of carbonyl (C=O) groups is 2. The van der Waals surface area contributed by atoms with E-state index in [2.05, 4.69) is 26.2 Å². The number of thioether (sulfide) groups is 1. The number of halogens is 1. The zero-order valence-corrected chi connectivity index (χ0v) is 18.7. The Morgan fingerprint density at radius 1 is 1.23 bits per heavy atom. The van der Waals surface area contributed by atoms with E-state index in [0.717, 1.165) is 5.69 Å². The highest BCUT2D eigenvalue weighted by atomic mass is 79.9. The minimum atomic E-state index is -0.467. The molecule has 1 fully saturated rings. The van der Waals surface area contributed by atoms with Crippen LogP contribution < -0.4 is 14.8 Å². The summed E-state index contributed by atoms with van der Waals surface area (Å²) in [6.45, 7) is 1.78. The number of nitrogens with zero attached hydrogens (tertiary/aromatic N) is 1. The van der Waals surface area contributed by atoms with Crippen LogP contribution in [0.1, 0.15) is 12.5 Å². The Morgan fingerprint density at radius 2 is 2.00 bits per heavy atom. The molecular weight excluding hydrogens is 472 g/mol. The highest BCUT2D eigenvalue weighted by Gasteiger charge is 2.24. The van der Waals surface area contributed by atoms with Crippen LogP contribution in [0.4, 0.5) is 5.69 Å². The van der Waals surface area contributed by atoms with E-state index in [-0.39, 0.29) is 19.1 Å². The summed E-state index contributed by atoms with van der Waals surface area (Å²) in [5, 5.41) is 3.27. The lowest BCUT2D eigenvalue weighted by molar-refractivity contribution is -0.145. The van der Waals surface area contributed by atoms with Crippen LogP contribution >= 0.6 is 27.7 Å².